The summed E-state index contributed by atoms with van der Waals surface area (Å²) in [6.07, 6.45) is 2.53. The number of carbonyl (C=O) groups excluding carboxylic acids is 1. The van der Waals surface area contributed by atoms with Gasteiger partial charge in [0, 0.05) is 45.3 Å². The molecule has 6 nitrogen and oxygen atoms in total. The Balaban J connectivity index is 1.51. The minimum Gasteiger partial charge on any atom is -0.370 e. The minimum absolute atomic E-state index is 0.0105. The van der Waals surface area contributed by atoms with Gasteiger partial charge in [-0.1, -0.05) is 44.2 Å². The van der Waals surface area contributed by atoms with Crippen LogP contribution in [-0.2, 0) is 6.54 Å². The highest BCUT2D eigenvalue weighted by Gasteiger charge is 2.23. The highest BCUT2D eigenvalue weighted by atomic mass is 16.2. The van der Waals surface area contributed by atoms with Crippen LogP contribution in [0.5, 0.6) is 0 Å². The molecule has 1 aromatic carbocycles. The fraction of sp³-hybridized carbons (Fsp3) is 0.476. The molecule has 1 fully saturated rings. The standard InChI is InChI=1S/C21H29N5O/c1-17(2)8-9-22-20-14-19(23-16-24-20)21(27)26-12-10-25(11-13-26)15-18-6-4-3-5-7-18/h3-7,14,16-17H,8-13,15H2,1-2H3,(H,22,23,24). The van der Waals surface area contributed by atoms with E-state index in [9.17, 15) is 4.79 Å². The lowest BCUT2D eigenvalue weighted by Gasteiger charge is -2.34. The second kappa shape index (κ2) is 9.46. The molecular weight excluding hydrogens is 338 g/mol. The normalized spacial score (nSPS) is 15.1. The van der Waals surface area contributed by atoms with Crippen molar-refractivity contribution in [3.63, 3.8) is 0 Å². The predicted molar refractivity (Wildman–Crippen MR) is 108 cm³/mol. The third-order valence-electron chi connectivity index (χ3n) is 4.82. The first-order valence-corrected chi connectivity index (χ1v) is 9.73. The molecule has 0 saturated carbocycles. The summed E-state index contributed by atoms with van der Waals surface area (Å²) in [6, 6.07) is 12.2. The van der Waals surface area contributed by atoms with Crippen LogP contribution in [0.15, 0.2) is 42.7 Å². The fourth-order valence-corrected chi connectivity index (χ4v) is 3.17. The van der Waals surface area contributed by atoms with E-state index in [0.29, 0.717) is 11.6 Å². The van der Waals surface area contributed by atoms with Crippen molar-refractivity contribution in [1.29, 1.82) is 0 Å². The van der Waals surface area contributed by atoms with Gasteiger partial charge < -0.3 is 10.2 Å². The van der Waals surface area contributed by atoms with Crippen molar-refractivity contribution in [2.24, 2.45) is 5.92 Å². The third kappa shape index (κ3) is 5.76. The summed E-state index contributed by atoms with van der Waals surface area (Å²) in [6.45, 7) is 9.37. The Morgan fingerprint density at radius 3 is 2.56 bits per heavy atom. The van der Waals surface area contributed by atoms with Crippen LogP contribution in [0.4, 0.5) is 5.82 Å². The molecule has 0 bridgehead atoms. The Morgan fingerprint density at radius 2 is 1.85 bits per heavy atom. The van der Waals surface area contributed by atoms with Crippen molar-refractivity contribution in [3.8, 4) is 0 Å². The maximum atomic E-state index is 12.8. The van der Waals surface area contributed by atoms with Gasteiger partial charge in [-0.05, 0) is 17.9 Å². The number of piperazine rings is 1. The molecule has 0 aliphatic carbocycles. The van der Waals surface area contributed by atoms with Crippen molar-refractivity contribution in [2.75, 3.05) is 38.0 Å². The van der Waals surface area contributed by atoms with Crippen LogP contribution >= 0.6 is 0 Å². The summed E-state index contributed by atoms with van der Waals surface area (Å²) in [5.41, 5.74) is 1.78. The third-order valence-corrected chi connectivity index (χ3v) is 4.82. The van der Waals surface area contributed by atoms with Crippen molar-refractivity contribution in [1.82, 2.24) is 19.8 Å². The molecule has 3 rings (SSSR count). The molecule has 2 heterocycles. The van der Waals surface area contributed by atoms with Gasteiger partial charge >= 0.3 is 0 Å². The number of anilines is 1. The van der Waals surface area contributed by atoms with E-state index in [1.54, 1.807) is 6.07 Å². The summed E-state index contributed by atoms with van der Waals surface area (Å²) in [5.74, 6) is 1.34. The average Bonchev–Trinajstić information content (AvgIpc) is 2.69. The molecule has 0 unspecified atom stereocenters. The Morgan fingerprint density at radius 1 is 1.11 bits per heavy atom. The van der Waals surface area contributed by atoms with Gasteiger partial charge in [-0.15, -0.1) is 0 Å². The predicted octanol–water partition coefficient (Wildman–Crippen LogP) is 2.89. The van der Waals surface area contributed by atoms with E-state index in [0.717, 1.165) is 51.5 Å². The minimum atomic E-state index is -0.0105. The largest absolute Gasteiger partial charge is 0.370 e. The zero-order chi connectivity index (χ0) is 19.1. The summed E-state index contributed by atoms with van der Waals surface area (Å²) < 4.78 is 0. The monoisotopic (exact) mass is 367 g/mol. The second-order valence-electron chi connectivity index (χ2n) is 7.45. The van der Waals surface area contributed by atoms with E-state index >= 15 is 0 Å². The lowest BCUT2D eigenvalue weighted by Crippen LogP contribution is -2.48. The molecule has 2 aromatic rings. The summed E-state index contributed by atoms with van der Waals surface area (Å²) >= 11 is 0. The van der Waals surface area contributed by atoms with Crippen LogP contribution in [0.1, 0.15) is 36.3 Å². The Kier molecular flexibility index (Phi) is 6.76. The van der Waals surface area contributed by atoms with Crippen molar-refractivity contribution < 1.29 is 4.79 Å². The summed E-state index contributed by atoms with van der Waals surface area (Å²) in [4.78, 5) is 25.5. The molecule has 1 aliphatic rings. The van der Waals surface area contributed by atoms with E-state index in [2.05, 4.69) is 58.3 Å². The van der Waals surface area contributed by atoms with Crippen LogP contribution in [0, 0.1) is 5.92 Å². The van der Waals surface area contributed by atoms with Crippen molar-refractivity contribution in [2.45, 2.75) is 26.8 Å². The number of nitrogens with zero attached hydrogens (tertiary/aromatic N) is 4. The highest BCUT2D eigenvalue weighted by Crippen LogP contribution is 2.12. The molecule has 6 heteroatoms. The van der Waals surface area contributed by atoms with Crippen molar-refractivity contribution in [3.05, 3.63) is 54.0 Å². The number of hydrogen-bond donors (Lipinski definition) is 1. The smallest absolute Gasteiger partial charge is 0.272 e. The van der Waals surface area contributed by atoms with Crippen molar-refractivity contribution >= 4 is 11.7 Å². The number of hydrogen-bond acceptors (Lipinski definition) is 5. The molecule has 0 radical (unpaired) electrons. The molecule has 0 atom stereocenters. The SMILES string of the molecule is CC(C)CCNc1cc(C(=O)N2CCN(Cc3ccccc3)CC2)ncn1. The average molecular weight is 367 g/mol. The van der Waals surface area contributed by atoms with E-state index in [4.69, 9.17) is 0 Å². The van der Waals surface area contributed by atoms with Crippen LogP contribution in [0.2, 0.25) is 0 Å². The molecule has 1 amide bonds. The number of nitrogens with one attached hydrogen (secondary N) is 1. The number of aromatic nitrogens is 2. The maximum absolute atomic E-state index is 12.8. The van der Waals surface area contributed by atoms with Gasteiger partial charge in [0.1, 0.15) is 17.8 Å². The molecule has 1 aromatic heterocycles. The maximum Gasteiger partial charge on any atom is 0.272 e. The van der Waals surface area contributed by atoms with Crippen LogP contribution in [-0.4, -0.2) is 58.4 Å². The zero-order valence-corrected chi connectivity index (χ0v) is 16.3. The number of rotatable bonds is 7. The molecule has 1 aliphatic heterocycles. The zero-order valence-electron chi connectivity index (χ0n) is 16.3. The van der Waals surface area contributed by atoms with Crippen LogP contribution in [0.25, 0.3) is 0 Å². The van der Waals surface area contributed by atoms with Crippen LogP contribution in [0.3, 0.4) is 0 Å². The Labute approximate surface area is 161 Å². The molecular formula is C21H29N5O. The Hall–Kier alpha value is -2.47. The quantitative estimate of drug-likeness (QED) is 0.815. The first-order chi connectivity index (χ1) is 13.1. The molecule has 0 spiro atoms. The molecule has 1 N–H and O–H groups in total. The fourth-order valence-electron chi connectivity index (χ4n) is 3.17. The van der Waals surface area contributed by atoms with Gasteiger partial charge in [0.05, 0.1) is 0 Å². The second-order valence-corrected chi connectivity index (χ2v) is 7.45. The molecule has 1 saturated heterocycles. The van der Waals surface area contributed by atoms with Gasteiger partial charge in [0.15, 0.2) is 0 Å². The number of carbonyl (C=O) groups is 1. The van der Waals surface area contributed by atoms with Crippen LogP contribution < -0.4 is 5.32 Å². The lowest BCUT2D eigenvalue weighted by atomic mass is 10.1. The van der Waals surface area contributed by atoms with E-state index in [1.807, 2.05) is 11.0 Å². The van der Waals surface area contributed by atoms with Gasteiger partial charge in [-0.3, -0.25) is 9.69 Å². The van der Waals surface area contributed by atoms with E-state index in [-0.39, 0.29) is 5.91 Å². The Bertz CT molecular complexity index is 726. The number of amides is 1. The van der Waals surface area contributed by atoms with Gasteiger partial charge in [0.25, 0.3) is 5.91 Å². The first kappa shape index (κ1) is 19.3. The lowest BCUT2D eigenvalue weighted by molar-refractivity contribution is 0.0622. The van der Waals surface area contributed by atoms with E-state index in [1.165, 1.54) is 11.9 Å². The van der Waals surface area contributed by atoms with E-state index < -0.39 is 0 Å². The molecule has 27 heavy (non-hydrogen) atoms. The van der Waals surface area contributed by atoms with Gasteiger partial charge in [-0.25, -0.2) is 9.97 Å². The topological polar surface area (TPSA) is 61.4 Å². The van der Waals surface area contributed by atoms with Gasteiger partial charge in [0.2, 0.25) is 0 Å². The van der Waals surface area contributed by atoms with Gasteiger partial charge in [-0.2, -0.15) is 0 Å². The molecule has 144 valence electrons. The first-order valence-electron chi connectivity index (χ1n) is 9.73. The summed E-state index contributed by atoms with van der Waals surface area (Å²) in [5, 5.41) is 3.28. The highest BCUT2D eigenvalue weighted by molar-refractivity contribution is 5.93. The number of benzene rings is 1. The summed E-state index contributed by atoms with van der Waals surface area (Å²) in [7, 11) is 0.